The molecule has 1 N–H and O–H groups in total. The van der Waals surface area contributed by atoms with Crippen molar-refractivity contribution in [2.24, 2.45) is 0 Å². The summed E-state index contributed by atoms with van der Waals surface area (Å²) in [7, 11) is 0. The second-order valence-electron chi connectivity index (χ2n) is 7.02. The number of anilines is 1. The Morgan fingerprint density at radius 1 is 1.16 bits per heavy atom. The average Bonchev–Trinajstić information content (AvgIpc) is 3.41. The zero-order valence-electron chi connectivity index (χ0n) is 16.9. The van der Waals surface area contributed by atoms with E-state index in [1.807, 2.05) is 13.0 Å². The van der Waals surface area contributed by atoms with Crippen LogP contribution in [0.25, 0.3) is 0 Å². The van der Waals surface area contributed by atoms with Crippen LogP contribution in [0.4, 0.5) is 10.2 Å². The van der Waals surface area contributed by atoms with Crippen molar-refractivity contribution < 1.29 is 18.3 Å². The number of aromatic nitrogens is 2. The minimum absolute atomic E-state index is 0.114. The van der Waals surface area contributed by atoms with Gasteiger partial charge in [-0.3, -0.25) is 9.48 Å². The van der Waals surface area contributed by atoms with Gasteiger partial charge in [0.05, 0.1) is 6.54 Å². The Bertz CT molecular complexity index is 1250. The zero-order valence-corrected chi connectivity index (χ0v) is 18.5. The number of hydrogen-bond donors (Lipinski definition) is 1. The van der Waals surface area contributed by atoms with Gasteiger partial charge in [0.1, 0.15) is 23.9 Å². The van der Waals surface area contributed by atoms with E-state index >= 15 is 0 Å². The fraction of sp³-hybridized carbons (Fsp3) is 0.130. The van der Waals surface area contributed by atoms with Crippen LogP contribution >= 0.6 is 23.2 Å². The first-order valence-corrected chi connectivity index (χ1v) is 10.4. The molecule has 0 aliphatic rings. The van der Waals surface area contributed by atoms with Gasteiger partial charge in [-0.05, 0) is 55.0 Å². The first-order valence-electron chi connectivity index (χ1n) is 9.64. The van der Waals surface area contributed by atoms with Crippen LogP contribution in [0.15, 0.2) is 65.2 Å². The number of hydrogen-bond acceptors (Lipinski definition) is 4. The maximum Gasteiger partial charge on any atom is 0.292 e. The van der Waals surface area contributed by atoms with Gasteiger partial charge in [-0.25, -0.2) is 4.39 Å². The molecule has 32 heavy (non-hydrogen) atoms. The maximum atomic E-state index is 14.0. The summed E-state index contributed by atoms with van der Waals surface area (Å²) in [5.41, 5.74) is 1.22. The van der Waals surface area contributed by atoms with Crippen LogP contribution in [0.2, 0.25) is 10.0 Å². The Kier molecular flexibility index (Phi) is 6.48. The van der Waals surface area contributed by atoms with Crippen molar-refractivity contribution in [3.05, 3.63) is 99.3 Å². The molecule has 4 aromatic rings. The van der Waals surface area contributed by atoms with Gasteiger partial charge in [0.15, 0.2) is 11.6 Å². The Hall–Kier alpha value is -3.29. The molecule has 0 aliphatic heterocycles. The molecule has 2 aromatic heterocycles. The molecule has 2 heterocycles. The topological polar surface area (TPSA) is 69.3 Å². The summed E-state index contributed by atoms with van der Waals surface area (Å²) in [5, 5.41) is 7.85. The fourth-order valence-electron chi connectivity index (χ4n) is 2.98. The van der Waals surface area contributed by atoms with Crippen LogP contribution in [-0.4, -0.2) is 15.7 Å². The van der Waals surface area contributed by atoms with E-state index < -0.39 is 11.7 Å². The number of halogens is 3. The van der Waals surface area contributed by atoms with E-state index in [1.54, 1.807) is 42.6 Å². The quantitative estimate of drug-likeness (QED) is 0.351. The maximum absolute atomic E-state index is 14.0. The SMILES string of the molecule is Cc1cc(OCc2ccc(C(=O)Nc3ccn(Cc4c(F)cccc4Cl)n3)o2)ccc1Cl. The van der Waals surface area contributed by atoms with Gasteiger partial charge in [-0.1, -0.05) is 29.3 Å². The third kappa shape index (κ3) is 5.12. The van der Waals surface area contributed by atoms with Crippen molar-refractivity contribution >= 4 is 34.9 Å². The molecule has 0 saturated carbocycles. The summed E-state index contributed by atoms with van der Waals surface area (Å²) in [6.45, 7) is 2.18. The van der Waals surface area contributed by atoms with Gasteiger partial charge in [-0.15, -0.1) is 0 Å². The minimum atomic E-state index is -0.465. The molecule has 4 rings (SSSR count). The molecule has 0 aliphatic carbocycles. The Morgan fingerprint density at radius 2 is 2.00 bits per heavy atom. The molecule has 0 spiro atoms. The molecule has 1 amide bonds. The number of amides is 1. The Balaban J connectivity index is 1.35. The zero-order chi connectivity index (χ0) is 22.7. The van der Waals surface area contributed by atoms with Crippen LogP contribution < -0.4 is 10.1 Å². The average molecular weight is 474 g/mol. The molecule has 164 valence electrons. The molecule has 0 fully saturated rings. The van der Waals surface area contributed by atoms with Crippen LogP contribution in [0.3, 0.4) is 0 Å². The predicted molar refractivity (Wildman–Crippen MR) is 120 cm³/mol. The lowest BCUT2D eigenvalue weighted by atomic mass is 10.2. The number of nitrogens with one attached hydrogen (secondary N) is 1. The lowest BCUT2D eigenvalue weighted by Gasteiger charge is -2.06. The summed E-state index contributed by atoms with van der Waals surface area (Å²) in [6, 6.07) is 14.6. The number of carbonyl (C=O) groups is 1. The second kappa shape index (κ2) is 9.46. The van der Waals surface area contributed by atoms with E-state index in [2.05, 4.69) is 10.4 Å². The van der Waals surface area contributed by atoms with Crippen LogP contribution in [0.1, 0.15) is 27.4 Å². The first kappa shape index (κ1) is 21.9. The summed E-state index contributed by atoms with van der Waals surface area (Å²) in [6.07, 6.45) is 1.62. The molecule has 0 unspecified atom stereocenters. The Morgan fingerprint density at radius 3 is 2.78 bits per heavy atom. The van der Waals surface area contributed by atoms with E-state index in [0.717, 1.165) is 5.56 Å². The van der Waals surface area contributed by atoms with Gasteiger partial charge in [0, 0.05) is 27.9 Å². The highest BCUT2D eigenvalue weighted by Gasteiger charge is 2.14. The van der Waals surface area contributed by atoms with E-state index in [-0.39, 0.29) is 18.9 Å². The van der Waals surface area contributed by atoms with Crippen molar-refractivity contribution in [1.29, 1.82) is 0 Å². The highest BCUT2D eigenvalue weighted by atomic mass is 35.5. The number of carbonyl (C=O) groups excluding carboxylic acids is 1. The predicted octanol–water partition coefficient (Wildman–Crippen LogP) is 6.11. The first-order chi connectivity index (χ1) is 15.4. The minimum Gasteiger partial charge on any atom is -0.486 e. The van der Waals surface area contributed by atoms with E-state index in [9.17, 15) is 9.18 Å². The van der Waals surface area contributed by atoms with Gasteiger partial charge < -0.3 is 14.5 Å². The molecule has 6 nitrogen and oxygen atoms in total. The van der Waals surface area contributed by atoms with Crippen LogP contribution in [0, 0.1) is 12.7 Å². The van der Waals surface area contributed by atoms with Gasteiger partial charge in [-0.2, -0.15) is 5.10 Å². The Labute approximate surface area is 193 Å². The molecule has 0 atom stereocenters. The van der Waals surface area contributed by atoms with Crippen molar-refractivity contribution in [3.8, 4) is 5.75 Å². The summed E-state index contributed by atoms with van der Waals surface area (Å²) in [4.78, 5) is 12.5. The highest BCUT2D eigenvalue weighted by molar-refractivity contribution is 6.31. The van der Waals surface area contributed by atoms with Crippen LogP contribution in [0.5, 0.6) is 5.75 Å². The smallest absolute Gasteiger partial charge is 0.292 e. The lowest BCUT2D eigenvalue weighted by molar-refractivity contribution is 0.0992. The number of ether oxygens (including phenoxy) is 1. The highest BCUT2D eigenvalue weighted by Crippen LogP contribution is 2.23. The molecule has 0 bridgehead atoms. The normalized spacial score (nSPS) is 10.9. The molecule has 2 aromatic carbocycles. The third-order valence-corrected chi connectivity index (χ3v) is 5.44. The van der Waals surface area contributed by atoms with E-state index in [1.165, 1.54) is 16.8 Å². The second-order valence-corrected chi connectivity index (χ2v) is 7.83. The summed E-state index contributed by atoms with van der Waals surface area (Å²) in [5.74, 6) is 0.665. The van der Waals surface area contributed by atoms with Gasteiger partial charge >= 0.3 is 0 Å². The van der Waals surface area contributed by atoms with Crippen LogP contribution in [-0.2, 0) is 13.2 Å². The fourth-order valence-corrected chi connectivity index (χ4v) is 3.32. The standard InChI is InChI=1S/C23H18Cl2FN3O3/c1-14-11-15(5-7-18(14)24)31-13-16-6-8-21(32-16)23(30)27-22-9-10-29(28-22)12-17-19(25)3-2-4-20(17)26/h2-11H,12-13H2,1H3,(H,27,28,30). The third-order valence-electron chi connectivity index (χ3n) is 4.66. The summed E-state index contributed by atoms with van der Waals surface area (Å²) >= 11 is 12.1. The number of aryl methyl sites for hydroxylation is 1. The van der Waals surface area contributed by atoms with Crippen molar-refractivity contribution in [3.63, 3.8) is 0 Å². The summed E-state index contributed by atoms with van der Waals surface area (Å²) < 4.78 is 26.7. The molecular formula is C23H18Cl2FN3O3. The number of nitrogens with zero attached hydrogens (tertiary/aromatic N) is 2. The van der Waals surface area contributed by atoms with Crippen molar-refractivity contribution in [1.82, 2.24) is 9.78 Å². The number of furan rings is 1. The molecule has 0 saturated heterocycles. The molecular weight excluding hydrogens is 456 g/mol. The largest absolute Gasteiger partial charge is 0.486 e. The lowest BCUT2D eigenvalue weighted by Crippen LogP contribution is -2.12. The molecule has 9 heteroatoms. The monoisotopic (exact) mass is 473 g/mol. The number of rotatable bonds is 7. The van der Waals surface area contributed by atoms with Crippen molar-refractivity contribution in [2.75, 3.05) is 5.32 Å². The van der Waals surface area contributed by atoms with Crippen molar-refractivity contribution in [2.45, 2.75) is 20.1 Å². The molecule has 0 radical (unpaired) electrons. The number of benzene rings is 2. The van der Waals surface area contributed by atoms with Gasteiger partial charge in [0.25, 0.3) is 5.91 Å². The van der Waals surface area contributed by atoms with E-state index in [0.29, 0.717) is 32.9 Å². The van der Waals surface area contributed by atoms with Gasteiger partial charge in [0.2, 0.25) is 0 Å². The van der Waals surface area contributed by atoms with E-state index in [4.69, 9.17) is 32.4 Å².